The Kier molecular flexibility index (Phi) is 6.19. The monoisotopic (exact) mass is 487 g/mol. The van der Waals surface area contributed by atoms with Crippen LogP contribution in [0.4, 0.5) is 5.69 Å². The molecule has 0 radical (unpaired) electrons. The van der Waals surface area contributed by atoms with Crippen molar-refractivity contribution in [1.82, 2.24) is 9.29 Å². The van der Waals surface area contributed by atoms with Gasteiger partial charge < -0.3 is 5.32 Å². The molecule has 1 aliphatic rings. The summed E-state index contributed by atoms with van der Waals surface area (Å²) in [5, 5.41) is 2.89. The summed E-state index contributed by atoms with van der Waals surface area (Å²) in [4.78, 5) is 17.5. The van der Waals surface area contributed by atoms with E-state index in [1.807, 2.05) is 18.4 Å². The van der Waals surface area contributed by atoms with Gasteiger partial charge in [-0.2, -0.15) is 4.31 Å². The molecule has 11 heteroatoms. The number of rotatable bonds is 5. The van der Waals surface area contributed by atoms with Crippen molar-refractivity contribution in [1.29, 1.82) is 0 Å². The predicted octanol–water partition coefficient (Wildman–Crippen LogP) is 4.92. The van der Waals surface area contributed by atoms with E-state index >= 15 is 0 Å². The van der Waals surface area contributed by atoms with Crippen LogP contribution in [0.2, 0.25) is 4.34 Å². The van der Waals surface area contributed by atoms with Crippen LogP contribution in [0.15, 0.2) is 38.9 Å². The number of amides is 1. The molecule has 0 spiro atoms. The summed E-state index contributed by atoms with van der Waals surface area (Å²) in [5.74, 6) is -0.315. The van der Waals surface area contributed by atoms with Crippen LogP contribution in [-0.4, -0.2) is 42.5 Å². The van der Waals surface area contributed by atoms with Crippen LogP contribution in [0.3, 0.4) is 0 Å². The van der Waals surface area contributed by atoms with Gasteiger partial charge in [-0.05, 0) is 49.4 Å². The Balaban J connectivity index is 1.57. The quantitative estimate of drug-likeness (QED) is 0.517. The molecule has 1 atom stereocenters. The van der Waals surface area contributed by atoms with Crippen molar-refractivity contribution in [2.45, 2.75) is 33.9 Å². The smallest absolute Gasteiger partial charge is 0.253 e. The number of carbonyl (C=O) groups is 1. The second kappa shape index (κ2) is 8.52. The fourth-order valence-corrected chi connectivity index (χ4v) is 8.10. The minimum absolute atomic E-state index is 0.165. The maximum Gasteiger partial charge on any atom is 0.253 e. The Bertz CT molecular complexity index is 1160. The lowest BCUT2D eigenvalue weighted by atomic mass is 10.0. The normalized spacial score (nSPS) is 18.2. The van der Waals surface area contributed by atoms with E-state index in [4.69, 9.17) is 11.6 Å². The average Bonchev–Trinajstić information content (AvgIpc) is 3.33. The number of carbonyl (C=O) groups excluding carboxylic acids is 1. The van der Waals surface area contributed by atoms with Crippen LogP contribution in [0.25, 0.3) is 10.2 Å². The van der Waals surface area contributed by atoms with Crippen LogP contribution in [-0.2, 0) is 14.8 Å². The lowest BCUT2D eigenvalue weighted by molar-refractivity contribution is -0.120. The molecule has 2 aromatic heterocycles. The van der Waals surface area contributed by atoms with Gasteiger partial charge in [0, 0.05) is 12.2 Å². The Morgan fingerprint density at radius 1 is 1.28 bits per heavy atom. The highest BCUT2D eigenvalue weighted by Gasteiger charge is 2.38. The number of fused-ring (bicyclic) bond motifs is 1. The number of nitrogens with one attached hydrogen (secondary N) is 1. The molecule has 29 heavy (non-hydrogen) atoms. The van der Waals surface area contributed by atoms with Gasteiger partial charge in [0.25, 0.3) is 10.0 Å². The zero-order valence-corrected chi connectivity index (χ0v) is 19.4. The van der Waals surface area contributed by atoms with Crippen molar-refractivity contribution >= 4 is 77.9 Å². The number of thioether (sulfide) groups is 1. The van der Waals surface area contributed by atoms with Crippen LogP contribution in [0.5, 0.6) is 0 Å². The molecule has 0 bridgehead atoms. The predicted molar refractivity (Wildman–Crippen MR) is 121 cm³/mol. The van der Waals surface area contributed by atoms with Gasteiger partial charge in [0.2, 0.25) is 5.91 Å². The highest BCUT2D eigenvalue weighted by atomic mass is 35.5. The number of halogens is 1. The number of thiophene rings is 1. The first kappa shape index (κ1) is 21.1. The van der Waals surface area contributed by atoms with Gasteiger partial charge in [0.1, 0.15) is 10.3 Å². The second-order valence-electron chi connectivity index (χ2n) is 6.54. The van der Waals surface area contributed by atoms with E-state index in [2.05, 4.69) is 10.3 Å². The van der Waals surface area contributed by atoms with Gasteiger partial charge in [0.05, 0.1) is 14.6 Å². The third-order valence-corrected chi connectivity index (χ3v) is 10.3. The third kappa shape index (κ3) is 4.33. The molecule has 1 aromatic carbocycles. The largest absolute Gasteiger partial charge is 0.325 e. The Hall–Kier alpha value is -1.17. The highest BCUT2D eigenvalue weighted by Crippen LogP contribution is 2.33. The number of thiazole rings is 1. The summed E-state index contributed by atoms with van der Waals surface area (Å²) in [7, 11) is -3.77. The maximum atomic E-state index is 13.1. The molecule has 0 aliphatic carbocycles. The summed E-state index contributed by atoms with van der Waals surface area (Å²) in [6, 6.07) is 7.85. The number of hydrogen-bond acceptors (Lipinski definition) is 7. The van der Waals surface area contributed by atoms with Crippen LogP contribution in [0.1, 0.15) is 19.3 Å². The molecule has 3 aromatic rings. The SMILES string of the molecule is CSc1nc2ccc(NC(=O)C3CCCCN3S(=O)(=O)c3ccc(Cl)s3)cc2s1. The molecule has 1 N–H and O–H groups in total. The molecule has 1 aliphatic heterocycles. The number of nitrogens with zero attached hydrogens (tertiary/aromatic N) is 2. The minimum atomic E-state index is -3.77. The van der Waals surface area contributed by atoms with Gasteiger partial charge in [-0.15, -0.1) is 22.7 Å². The van der Waals surface area contributed by atoms with Gasteiger partial charge >= 0.3 is 0 Å². The molecule has 154 valence electrons. The van der Waals surface area contributed by atoms with Crippen molar-refractivity contribution in [2.24, 2.45) is 0 Å². The van der Waals surface area contributed by atoms with Gasteiger partial charge in [-0.25, -0.2) is 13.4 Å². The lowest BCUT2D eigenvalue weighted by Crippen LogP contribution is -2.49. The van der Waals surface area contributed by atoms with E-state index in [0.717, 1.165) is 38.7 Å². The summed E-state index contributed by atoms with van der Waals surface area (Å²) in [6.07, 6.45) is 4.00. The summed E-state index contributed by atoms with van der Waals surface area (Å²) < 4.78 is 30.0. The Morgan fingerprint density at radius 3 is 2.83 bits per heavy atom. The molecule has 1 fully saturated rings. The maximum absolute atomic E-state index is 13.1. The van der Waals surface area contributed by atoms with Gasteiger partial charge in [-0.3, -0.25) is 4.79 Å². The van der Waals surface area contributed by atoms with E-state index < -0.39 is 16.1 Å². The zero-order valence-electron chi connectivity index (χ0n) is 15.4. The average molecular weight is 488 g/mol. The van der Waals surface area contributed by atoms with Crippen molar-refractivity contribution < 1.29 is 13.2 Å². The third-order valence-electron chi connectivity index (χ3n) is 4.68. The lowest BCUT2D eigenvalue weighted by Gasteiger charge is -2.33. The fraction of sp³-hybridized carbons (Fsp3) is 0.333. The summed E-state index contributed by atoms with van der Waals surface area (Å²) in [5.41, 5.74) is 1.52. The van der Waals surface area contributed by atoms with Crippen LogP contribution < -0.4 is 5.32 Å². The molecular formula is C18H18ClN3O3S4. The number of piperidine rings is 1. The van der Waals surface area contributed by atoms with Crippen molar-refractivity contribution in [3.63, 3.8) is 0 Å². The topological polar surface area (TPSA) is 79.4 Å². The standard InChI is InChI=1S/C18H18ClN3O3S4/c1-26-18-21-12-6-5-11(10-14(12)27-18)20-17(23)13-4-2-3-9-22(13)29(24,25)16-8-7-15(19)28-16/h5-8,10,13H,2-4,9H2,1H3,(H,20,23). The van der Waals surface area contributed by atoms with Crippen LogP contribution in [0, 0.1) is 0 Å². The molecule has 3 heterocycles. The molecule has 6 nitrogen and oxygen atoms in total. The van der Waals surface area contributed by atoms with Gasteiger partial charge in [0.15, 0.2) is 4.34 Å². The summed E-state index contributed by atoms with van der Waals surface area (Å²) in [6.45, 7) is 0.320. The first-order chi connectivity index (χ1) is 13.9. The first-order valence-corrected chi connectivity index (χ1v) is 13.6. The molecule has 4 rings (SSSR count). The Labute approximate surface area is 186 Å². The van der Waals surface area contributed by atoms with Crippen molar-refractivity contribution in [2.75, 3.05) is 18.1 Å². The number of benzene rings is 1. The molecule has 0 saturated carbocycles. The fourth-order valence-electron chi connectivity index (χ4n) is 3.30. The van der Waals surface area contributed by atoms with E-state index in [-0.39, 0.29) is 10.1 Å². The molecule has 1 saturated heterocycles. The second-order valence-corrected chi connectivity index (χ2v) is 12.5. The van der Waals surface area contributed by atoms with Crippen LogP contribution >= 0.6 is 46.0 Å². The first-order valence-electron chi connectivity index (χ1n) is 8.91. The van der Waals surface area contributed by atoms with E-state index in [1.54, 1.807) is 35.2 Å². The molecule has 1 unspecified atom stereocenters. The minimum Gasteiger partial charge on any atom is -0.325 e. The summed E-state index contributed by atoms with van der Waals surface area (Å²) >= 11 is 10.1. The zero-order chi connectivity index (χ0) is 20.6. The number of aromatic nitrogens is 1. The number of anilines is 1. The highest BCUT2D eigenvalue weighted by molar-refractivity contribution is 8.00. The molecule has 1 amide bonds. The van der Waals surface area contributed by atoms with Gasteiger partial charge in [-0.1, -0.05) is 29.8 Å². The van der Waals surface area contributed by atoms with E-state index in [9.17, 15) is 13.2 Å². The number of hydrogen-bond donors (Lipinski definition) is 1. The Morgan fingerprint density at radius 2 is 2.10 bits per heavy atom. The van der Waals surface area contributed by atoms with E-state index in [0.29, 0.717) is 23.0 Å². The molecular weight excluding hydrogens is 470 g/mol. The van der Waals surface area contributed by atoms with Crippen molar-refractivity contribution in [3.8, 4) is 0 Å². The van der Waals surface area contributed by atoms with E-state index in [1.165, 1.54) is 10.4 Å². The number of sulfonamides is 1. The van der Waals surface area contributed by atoms with Crippen molar-refractivity contribution in [3.05, 3.63) is 34.7 Å².